The van der Waals surface area contributed by atoms with E-state index in [2.05, 4.69) is 39.0 Å². The van der Waals surface area contributed by atoms with Gasteiger partial charge >= 0.3 is 12.0 Å². The normalized spacial score (nSPS) is 16.1. The van der Waals surface area contributed by atoms with Gasteiger partial charge in [-0.25, -0.2) is 9.59 Å². The van der Waals surface area contributed by atoms with Crippen molar-refractivity contribution in [3.8, 4) is 11.5 Å². The molecule has 0 aliphatic carbocycles. The first-order valence-corrected chi connectivity index (χ1v) is 11.9. The van der Waals surface area contributed by atoms with Crippen molar-refractivity contribution in [1.82, 2.24) is 9.80 Å². The molecule has 184 valence electrons. The number of carbonyl (C=O) groups excluding carboxylic acids is 1. The fourth-order valence-corrected chi connectivity index (χ4v) is 4.04. The summed E-state index contributed by atoms with van der Waals surface area (Å²) in [5.41, 5.74) is 2.34. The van der Waals surface area contributed by atoms with Crippen molar-refractivity contribution in [2.24, 2.45) is 0 Å². The average molecular weight is 469 g/mol. The van der Waals surface area contributed by atoms with Gasteiger partial charge in [0.25, 0.3) is 0 Å². The molecular formula is C27H36N2O5. The minimum absolute atomic E-state index is 0.0904. The summed E-state index contributed by atoms with van der Waals surface area (Å²) in [6.45, 7) is 11.8. The van der Waals surface area contributed by atoms with E-state index in [0.29, 0.717) is 31.2 Å². The Morgan fingerprint density at radius 2 is 1.76 bits per heavy atom. The largest absolute Gasteiger partial charge is 0.494 e. The molecule has 1 aliphatic heterocycles. The van der Waals surface area contributed by atoms with Gasteiger partial charge < -0.3 is 24.4 Å². The van der Waals surface area contributed by atoms with Gasteiger partial charge in [-0.2, -0.15) is 0 Å². The maximum absolute atomic E-state index is 13.1. The van der Waals surface area contributed by atoms with E-state index in [0.717, 1.165) is 24.9 Å². The molecule has 7 nitrogen and oxygen atoms in total. The lowest BCUT2D eigenvalue weighted by molar-refractivity contribution is -0.152. The Kier molecular flexibility index (Phi) is 8.07. The van der Waals surface area contributed by atoms with Crippen molar-refractivity contribution in [3.05, 3.63) is 59.2 Å². The van der Waals surface area contributed by atoms with Crippen molar-refractivity contribution in [2.45, 2.75) is 65.6 Å². The zero-order chi connectivity index (χ0) is 24.9. The fourth-order valence-electron chi connectivity index (χ4n) is 4.04. The van der Waals surface area contributed by atoms with Crippen molar-refractivity contribution in [2.75, 3.05) is 19.7 Å². The van der Waals surface area contributed by atoms with Gasteiger partial charge in [0.2, 0.25) is 0 Å². The van der Waals surface area contributed by atoms with E-state index in [9.17, 15) is 14.7 Å². The lowest BCUT2D eigenvalue weighted by atomic mass is 10.1. The van der Waals surface area contributed by atoms with Crippen LogP contribution < -0.4 is 9.47 Å². The third-order valence-electron chi connectivity index (χ3n) is 6.23. The van der Waals surface area contributed by atoms with Crippen molar-refractivity contribution in [3.63, 3.8) is 0 Å². The van der Waals surface area contributed by atoms with E-state index in [1.807, 2.05) is 9.80 Å². The lowest BCUT2D eigenvalue weighted by Crippen LogP contribution is -2.37. The molecule has 1 fully saturated rings. The lowest BCUT2D eigenvalue weighted by Gasteiger charge is -2.23. The Hall–Kier alpha value is -3.22. The number of aliphatic carboxylic acids is 1. The number of benzene rings is 2. The molecule has 1 aliphatic rings. The molecule has 34 heavy (non-hydrogen) atoms. The Labute approximate surface area is 202 Å². The minimum atomic E-state index is -1.30. The quantitative estimate of drug-likeness (QED) is 0.500. The van der Waals surface area contributed by atoms with Crippen LogP contribution in [0.3, 0.4) is 0 Å². The summed E-state index contributed by atoms with van der Waals surface area (Å²) in [5.74, 6) is 0.123. The van der Waals surface area contributed by atoms with Gasteiger partial charge in [-0.3, -0.25) is 0 Å². The predicted molar refractivity (Wildman–Crippen MR) is 131 cm³/mol. The highest BCUT2D eigenvalue weighted by Gasteiger charge is 2.36. The Morgan fingerprint density at radius 3 is 2.38 bits per heavy atom. The van der Waals surface area contributed by atoms with Crippen LogP contribution >= 0.6 is 0 Å². The van der Waals surface area contributed by atoms with E-state index >= 15 is 0 Å². The Bertz CT molecular complexity index is 1000. The highest BCUT2D eigenvalue weighted by atomic mass is 16.5. The molecule has 0 spiro atoms. The van der Waals surface area contributed by atoms with E-state index < -0.39 is 11.6 Å². The predicted octanol–water partition coefficient (Wildman–Crippen LogP) is 5.03. The Morgan fingerprint density at radius 1 is 1.09 bits per heavy atom. The molecule has 3 rings (SSSR count). The topological polar surface area (TPSA) is 79.3 Å². The zero-order valence-corrected chi connectivity index (χ0v) is 20.8. The molecule has 7 heteroatoms. The van der Waals surface area contributed by atoms with Gasteiger partial charge in [0.05, 0.1) is 12.6 Å². The second-order valence-corrected chi connectivity index (χ2v) is 9.45. The monoisotopic (exact) mass is 468 g/mol. The van der Waals surface area contributed by atoms with E-state index in [1.54, 1.807) is 24.3 Å². The first-order chi connectivity index (χ1) is 16.1. The van der Waals surface area contributed by atoms with Gasteiger partial charge in [-0.1, -0.05) is 25.1 Å². The molecule has 0 bridgehead atoms. The molecule has 1 unspecified atom stereocenters. The Balaban J connectivity index is 1.56. The number of ether oxygens (including phenoxy) is 2. The first-order valence-electron chi connectivity index (χ1n) is 11.9. The number of amides is 2. The van der Waals surface area contributed by atoms with Gasteiger partial charge in [-0.05, 0) is 75.1 Å². The summed E-state index contributed by atoms with van der Waals surface area (Å²) in [6, 6.07) is 13.5. The minimum Gasteiger partial charge on any atom is -0.494 e. The van der Waals surface area contributed by atoms with E-state index in [-0.39, 0.29) is 12.1 Å². The van der Waals surface area contributed by atoms with E-state index in [1.165, 1.54) is 25.0 Å². The van der Waals surface area contributed by atoms with E-state index in [4.69, 9.17) is 9.47 Å². The van der Waals surface area contributed by atoms with Gasteiger partial charge in [0.15, 0.2) is 5.60 Å². The molecule has 1 saturated heterocycles. The molecule has 0 aromatic heterocycles. The molecule has 0 radical (unpaired) electrons. The summed E-state index contributed by atoms with van der Waals surface area (Å²) < 4.78 is 11.4. The number of hydrogen-bond acceptors (Lipinski definition) is 4. The smallest absolute Gasteiger partial charge is 0.347 e. The number of aryl methyl sites for hydroxylation is 2. The van der Waals surface area contributed by atoms with Crippen LogP contribution in [0.15, 0.2) is 42.5 Å². The number of nitrogens with zero attached hydrogens (tertiary/aromatic N) is 2. The maximum atomic E-state index is 13.1. The molecule has 2 amide bonds. The molecular weight excluding hydrogens is 432 g/mol. The second-order valence-electron chi connectivity index (χ2n) is 9.45. The standard InChI is InChI=1S/C27H36N2O5/c1-6-14-29-22(18-28(26(29)32)17-21-8-7-19(2)20(3)16-21)13-15-33-23-9-11-24(12-10-23)34-27(4,5)25(30)31/h7-12,16,22H,6,13-15,17-18H2,1-5H3,(H,30,31). The third kappa shape index (κ3) is 6.22. The van der Waals surface area contributed by atoms with Crippen LogP contribution in [-0.2, 0) is 11.3 Å². The van der Waals surface area contributed by atoms with Crippen LogP contribution in [0.25, 0.3) is 0 Å². The van der Waals surface area contributed by atoms with Gasteiger partial charge in [-0.15, -0.1) is 0 Å². The fraction of sp³-hybridized carbons (Fsp3) is 0.481. The molecule has 0 saturated carbocycles. The summed E-state index contributed by atoms with van der Waals surface area (Å²) in [6.07, 6.45) is 1.65. The van der Waals surface area contributed by atoms with Crippen molar-refractivity contribution < 1.29 is 24.2 Å². The second kappa shape index (κ2) is 10.8. The van der Waals surface area contributed by atoms with Gasteiger partial charge in [0, 0.05) is 26.1 Å². The number of rotatable bonds is 11. The number of carboxylic acids is 1. The molecule has 2 aromatic rings. The summed E-state index contributed by atoms with van der Waals surface area (Å²) >= 11 is 0. The first kappa shape index (κ1) is 25.4. The average Bonchev–Trinajstić information content (AvgIpc) is 3.06. The van der Waals surface area contributed by atoms with Gasteiger partial charge in [0.1, 0.15) is 11.5 Å². The molecule has 1 atom stereocenters. The van der Waals surface area contributed by atoms with Crippen LogP contribution in [-0.4, -0.2) is 58.2 Å². The highest BCUT2D eigenvalue weighted by Crippen LogP contribution is 2.25. The number of carboxylic acid groups (broad SMARTS) is 1. The van der Waals surface area contributed by atoms with Crippen LogP contribution in [0.2, 0.25) is 0 Å². The zero-order valence-electron chi connectivity index (χ0n) is 20.8. The SMILES string of the molecule is CCCN1C(=O)N(Cc2ccc(C)c(C)c2)CC1CCOc1ccc(OC(C)(C)C(=O)O)cc1. The number of hydrogen-bond donors (Lipinski definition) is 1. The third-order valence-corrected chi connectivity index (χ3v) is 6.23. The van der Waals surface area contributed by atoms with Crippen LogP contribution in [0.1, 0.15) is 50.3 Å². The summed E-state index contributed by atoms with van der Waals surface area (Å²) in [7, 11) is 0. The van der Waals surface area contributed by atoms with Crippen molar-refractivity contribution >= 4 is 12.0 Å². The molecule has 1 N–H and O–H groups in total. The van der Waals surface area contributed by atoms with Crippen LogP contribution in [0.4, 0.5) is 4.79 Å². The van der Waals surface area contributed by atoms with Crippen LogP contribution in [0.5, 0.6) is 11.5 Å². The number of carbonyl (C=O) groups is 2. The maximum Gasteiger partial charge on any atom is 0.347 e. The van der Waals surface area contributed by atoms with Crippen LogP contribution in [0, 0.1) is 13.8 Å². The highest BCUT2D eigenvalue weighted by molar-refractivity contribution is 5.77. The van der Waals surface area contributed by atoms with Crippen molar-refractivity contribution in [1.29, 1.82) is 0 Å². The summed E-state index contributed by atoms with van der Waals surface area (Å²) in [4.78, 5) is 28.2. The molecule has 2 aromatic carbocycles. The molecule has 1 heterocycles. The number of urea groups is 1. The summed E-state index contributed by atoms with van der Waals surface area (Å²) in [5, 5.41) is 9.20.